The second-order valence-corrected chi connectivity index (χ2v) is 4.66. The summed E-state index contributed by atoms with van der Waals surface area (Å²) in [6.07, 6.45) is 2.47. The van der Waals surface area contributed by atoms with E-state index in [4.69, 9.17) is 0 Å². The standard InChI is InChI=1S/C15H24N2/c1-14(15-9-5-4-6-10-15)13-16-11-7-8-12-17(2)3/h4-6,9-10,16H,1,7-8,11-13H2,2-3H3. The lowest BCUT2D eigenvalue weighted by Crippen LogP contribution is -2.19. The van der Waals surface area contributed by atoms with Crippen LogP contribution in [0.25, 0.3) is 5.57 Å². The van der Waals surface area contributed by atoms with E-state index in [2.05, 4.69) is 55.2 Å². The van der Waals surface area contributed by atoms with Gasteiger partial charge in [0.1, 0.15) is 0 Å². The Balaban J connectivity index is 2.09. The van der Waals surface area contributed by atoms with Crippen molar-refractivity contribution >= 4 is 5.57 Å². The van der Waals surface area contributed by atoms with Gasteiger partial charge in [-0.1, -0.05) is 36.9 Å². The minimum atomic E-state index is 0.881. The van der Waals surface area contributed by atoms with Gasteiger partial charge in [-0.25, -0.2) is 0 Å². The molecule has 2 nitrogen and oxygen atoms in total. The number of hydrogen-bond donors (Lipinski definition) is 1. The molecule has 0 aromatic heterocycles. The minimum Gasteiger partial charge on any atom is -0.313 e. The number of unbranched alkanes of at least 4 members (excludes halogenated alkanes) is 1. The predicted octanol–water partition coefficient (Wildman–Crippen LogP) is 2.63. The lowest BCUT2D eigenvalue weighted by molar-refractivity contribution is 0.393. The average molecular weight is 232 g/mol. The van der Waals surface area contributed by atoms with E-state index in [1.807, 2.05) is 6.07 Å². The van der Waals surface area contributed by atoms with Crippen molar-refractivity contribution in [3.63, 3.8) is 0 Å². The third-order valence-electron chi connectivity index (χ3n) is 2.73. The maximum absolute atomic E-state index is 4.10. The molecule has 0 bridgehead atoms. The van der Waals surface area contributed by atoms with Crippen LogP contribution in [-0.2, 0) is 0 Å². The van der Waals surface area contributed by atoms with E-state index in [9.17, 15) is 0 Å². The monoisotopic (exact) mass is 232 g/mol. The van der Waals surface area contributed by atoms with Crippen molar-refractivity contribution in [1.29, 1.82) is 0 Å². The lowest BCUT2D eigenvalue weighted by Gasteiger charge is -2.10. The van der Waals surface area contributed by atoms with E-state index in [1.54, 1.807) is 0 Å². The summed E-state index contributed by atoms with van der Waals surface area (Å²) >= 11 is 0. The lowest BCUT2D eigenvalue weighted by atomic mass is 10.1. The van der Waals surface area contributed by atoms with Gasteiger partial charge in [0.2, 0.25) is 0 Å². The molecule has 0 atom stereocenters. The van der Waals surface area contributed by atoms with E-state index in [1.165, 1.54) is 30.5 Å². The Hall–Kier alpha value is -1.12. The molecule has 0 spiro atoms. The first kappa shape index (κ1) is 13.9. The number of rotatable bonds is 8. The van der Waals surface area contributed by atoms with Crippen LogP contribution >= 0.6 is 0 Å². The highest BCUT2D eigenvalue weighted by Crippen LogP contribution is 2.09. The highest BCUT2D eigenvalue weighted by molar-refractivity contribution is 5.64. The van der Waals surface area contributed by atoms with E-state index in [0.717, 1.165) is 13.1 Å². The zero-order valence-corrected chi connectivity index (χ0v) is 11.1. The normalized spacial score (nSPS) is 10.8. The molecule has 0 unspecified atom stereocenters. The first-order chi connectivity index (χ1) is 8.20. The van der Waals surface area contributed by atoms with Crippen molar-refractivity contribution in [3.05, 3.63) is 42.5 Å². The van der Waals surface area contributed by atoms with Crippen molar-refractivity contribution < 1.29 is 0 Å². The van der Waals surface area contributed by atoms with Crippen LogP contribution in [0.5, 0.6) is 0 Å². The van der Waals surface area contributed by atoms with Crippen LogP contribution < -0.4 is 5.32 Å². The summed E-state index contributed by atoms with van der Waals surface area (Å²) in [6.45, 7) is 7.22. The molecule has 0 aliphatic heterocycles. The fraction of sp³-hybridized carbons (Fsp3) is 0.467. The molecular weight excluding hydrogens is 208 g/mol. The van der Waals surface area contributed by atoms with E-state index in [-0.39, 0.29) is 0 Å². The van der Waals surface area contributed by atoms with Gasteiger partial charge in [0.15, 0.2) is 0 Å². The predicted molar refractivity (Wildman–Crippen MR) is 76.1 cm³/mol. The third-order valence-corrected chi connectivity index (χ3v) is 2.73. The van der Waals surface area contributed by atoms with Gasteiger partial charge in [-0.15, -0.1) is 0 Å². The van der Waals surface area contributed by atoms with Gasteiger partial charge in [0.05, 0.1) is 0 Å². The maximum atomic E-state index is 4.10. The Morgan fingerprint density at radius 2 is 1.88 bits per heavy atom. The van der Waals surface area contributed by atoms with Gasteiger partial charge < -0.3 is 10.2 Å². The molecule has 94 valence electrons. The molecule has 1 N–H and O–H groups in total. The maximum Gasteiger partial charge on any atom is 0.0205 e. The molecule has 0 aliphatic carbocycles. The van der Waals surface area contributed by atoms with E-state index in [0.29, 0.717) is 0 Å². The Morgan fingerprint density at radius 1 is 1.18 bits per heavy atom. The molecule has 0 amide bonds. The summed E-state index contributed by atoms with van der Waals surface area (Å²) in [4.78, 5) is 2.23. The topological polar surface area (TPSA) is 15.3 Å². The van der Waals surface area contributed by atoms with Crippen LogP contribution in [0.1, 0.15) is 18.4 Å². The van der Waals surface area contributed by atoms with Gasteiger partial charge in [0.25, 0.3) is 0 Å². The Bertz CT molecular complexity index is 317. The molecule has 1 rings (SSSR count). The fourth-order valence-electron chi connectivity index (χ4n) is 1.69. The second-order valence-electron chi connectivity index (χ2n) is 4.66. The van der Waals surface area contributed by atoms with Crippen molar-refractivity contribution in [2.75, 3.05) is 33.7 Å². The first-order valence-corrected chi connectivity index (χ1v) is 6.29. The van der Waals surface area contributed by atoms with Crippen LogP contribution in [0.15, 0.2) is 36.9 Å². The van der Waals surface area contributed by atoms with Crippen LogP contribution in [0, 0.1) is 0 Å². The number of nitrogens with zero attached hydrogens (tertiary/aromatic N) is 1. The fourth-order valence-corrected chi connectivity index (χ4v) is 1.69. The quantitative estimate of drug-likeness (QED) is 0.693. The zero-order chi connectivity index (χ0) is 12.5. The molecule has 1 aromatic carbocycles. The number of nitrogens with one attached hydrogen (secondary N) is 1. The van der Waals surface area contributed by atoms with Gasteiger partial charge >= 0.3 is 0 Å². The average Bonchev–Trinajstić information content (AvgIpc) is 2.34. The molecular formula is C15H24N2. The summed E-state index contributed by atoms with van der Waals surface area (Å²) in [7, 11) is 4.23. The van der Waals surface area contributed by atoms with E-state index < -0.39 is 0 Å². The number of benzene rings is 1. The van der Waals surface area contributed by atoms with Crippen LogP contribution in [0.3, 0.4) is 0 Å². The highest BCUT2D eigenvalue weighted by atomic mass is 15.0. The van der Waals surface area contributed by atoms with Gasteiger partial charge in [-0.2, -0.15) is 0 Å². The Labute approximate surface area is 105 Å². The van der Waals surface area contributed by atoms with Gasteiger partial charge in [-0.3, -0.25) is 0 Å². The van der Waals surface area contributed by atoms with Crippen LogP contribution in [-0.4, -0.2) is 38.6 Å². The molecule has 1 aromatic rings. The summed E-state index contributed by atoms with van der Waals surface area (Å²) in [5, 5.41) is 3.44. The molecule has 0 fully saturated rings. The smallest absolute Gasteiger partial charge is 0.0205 e. The van der Waals surface area contributed by atoms with Crippen molar-refractivity contribution in [2.24, 2.45) is 0 Å². The van der Waals surface area contributed by atoms with Crippen LogP contribution in [0.2, 0.25) is 0 Å². The Morgan fingerprint density at radius 3 is 2.53 bits per heavy atom. The summed E-state index contributed by atoms with van der Waals surface area (Å²) in [6, 6.07) is 10.4. The zero-order valence-electron chi connectivity index (χ0n) is 11.1. The molecule has 0 aliphatic rings. The van der Waals surface area contributed by atoms with Crippen molar-refractivity contribution in [3.8, 4) is 0 Å². The molecule has 2 heteroatoms. The molecule has 17 heavy (non-hydrogen) atoms. The Kier molecular flexibility index (Phi) is 6.60. The van der Waals surface area contributed by atoms with E-state index >= 15 is 0 Å². The highest BCUT2D eigenvalue weighted by Gasteiger charge is 1.97. The van der Waals surface area contributed by atoms with Crippen molar-refractivity contribution in [1.82, 2.24) is 10.2 Å². The first-order valence-electron chi connectivity index (χ1n) is 6.29. The molecule has 0 radical (unpaired) electrons. The number of hydrogen-bond acceptors (Lipinski definition) is 2. The van der Waals surface area contributed by atoms with Crippen molar-refractivity contribution in [2.45, 2.75) is 12.8 Å². The SMILES string of the molecule is C=C(CNCCCCN(C)C)c1ccccc1. The summed E-state index contributed by atoms with van der Waals surface area (Å²) < 4.78 is 0. The second kappa shape index (κ2) is 8.04. The van der Waals surface area contributed by atoms with Crippen LogP contribution in [0.4, 0.5) is 0 Å². The largest absolute Gasteiger partial charge is 0.313 e. The van der Waals surface area contributed by atoms with Gasteiger partial charge in [0, 0.05) is 6.54 Å². The van der Waals surface area contributed by atoms with Gasteiger partial charge in [-0.05, 0) is 51.2 Å². The minimum absolute atomic E-state index is 0.881. The summed E-state index contributed by atoms with van der Waals surface area (Å²) in [5.41, 5.74) is 2.39. The molecule has 0 saturated heterocycles. The third kappa shape index (κ3) is 6.25. The summed E-state index contributed by atoms with van der Waals surface area (Å²) in [5.74, 6) is 0. The molecule has 0 saturated carbocycles. The molecule has 0 heterocycles.